The molecule has 1 atom stereocenters. The molecular formula is C20H22O7. The van der Waals surface area contributed by atoms with E-state index in [0.29, 0.717) is 18.8 Å². The van der Waals surface area contributed by atoms with Crippen molar-refractivity contribution in [2.24, 2.45) is 0 Å². The third-order valence-electron chi connectivity index (χ3n) is 4.61. The van der Waals surface area contributed by atoms with Crippen molar-refractivity contribution in [3.63, 3.8) is 0 Å². The summed E-state index contributed by atoms with van der Waals surface area (Å²) in [6, 6.07) is 13.2. The Bertz CT molecular complexity index is 797. The molecule has 7 nitrogen and oxygen atoms in total. The van der Waals surface area contributed by atoms with E-state index in [2.05, 4.69) is 0 Å². The minimum Gasteiger partial charge on any atom is -0.493 e. The number of carboxylic acid groups (broad SMARTS) is 2. The predicted molar refractivity (Wildman–Crippen MR) is 96.7 cm³/mol. The van der Waals surface area contributed by atoms with Gasteiger partial charge in [-0.25, -0.2) is 9.59 Å². The van der Waals surface area contributed by atoms with E-state index in [-0.39, 0.29) is 13.0 Å². The van der Waals surface area contributed by atoms with Gasteiger partial charge in [-0.05, 0) is 42.2 Å². The summed E-state index contributed by atoms with van der Waals surface area (Å²) < 4.78 is 16.4. The highest BCUT2D eigenvalue weighted by Gasteiger charge is 2.50. The van der Waals surface area contributed by atoms with Crippen LogP contribution in [-0.2, 0) is 19.1 Å². The molecule has 2 aromatic carbocycles. The molecule has 1 fully saturated rings. The van der Waals surface area contributed by atoms with Gasteiger partial charge < -0.3 is 24.4 Å². The Morgan fingerprint density at radius 3 is 2.48 bits per heavy atom. The highest BCUT2D eigenvalue weighted by Crippen LogP contribution is 2.26. The molecule has 3 rings (SSSR count). The molecule has 144 valence electrons. The van der Waals surface area contributed by atoms with Crippen LogP contribution in [0.4, 0.5) is 0 Å². The fraction of sp³-hybridized carbons (Fsp3) is 0.400. The molecule has 1 aliphatic heterocycles. The van der Waals surface area contributed by atoms with Crippen molar-refractivity contribution in [1.82, 2.24) is 0 Å². The van der Waals surface area contributed by atoms with E-state index >= 15 is 0 Å². The summed E-state index contributed by atoms with van der Waals surface area (Å²) in [6.07, 6.45) is 0.927. The predicted octanol–water partition coefficient (Wildman–Crippen LogP) is 3.06. The first-order valence-electron chi connectivity index (χ1n) is 8.89. The molecule has 0 bridgehead atoms. The summed E-state index contributed by atoms with van der Waals surface area (Å²) in [6.45, 7) is 0.303. The normalized spacial score (nSPS) is 17.6. The zero-order valence-corrected chi connectivity index (χ0v) is 14.8. The van der Waals surface area contributed by atoms with Gasteiger partial charge >= 0.3 is 11.9 Å². The van der Waals surface area contributed by atoms with Gasteiger partial charge in [0.15, 0.2) is 6.29 Å². The lowest BCUT2D eigenvalue weighted by Crippen LogP contribution is -2.53. The molecule has 1 saturated heterocycles. The molecule has 2 aromatic rings. The maximum atomic E-state index is 11.7. The second kappa shape index (κ2) is 8.37. The van der Waals surface area contributed by atoms with Crippen molar-refractivity contribution >= 4 is 22.7 Å². The summed E-state index contributed by atoms with van der Waals surface area (Å²) >= 11 is 0. The molecule has 7 heteroatoms. The first-order valence-corrected chi connectivity index (χ1v) is 8.89. The maximum absolute atomic E-state index is 11.7. The highest BCUT2D eigenvalue weighted by molar-refractivity contribution is 6.01. The third-order valence-corrected chi connectivity index (χ3v) is 4.61. The second-order valence-corrected chi connectivity index (χ2v) is 6.46. The van der Waals surface area contributed by atoms with Crippen LogP contribution in [0.3, 0.4) is 0 Å². The minimum atomic E-state index is -2.40. The van der Waals surface area contributed by atoms with E-state index in [1.54, 1.807) is 6.07 Å². The van der Waals surface area contributed by atoms with Crippen molar-refractivity contribution in [1.29, 1.82) is 0 Å². The lowest BCUT2D eigenvalue weighted by atomic mass is 10.00. The summed E-state index contributed by atoms with van der Waals surface area (Å²) in [4.78, 5) is 23.5. The maximum Gasteiger partial charge on any atom is 0.348 e. The molecule has 0 aliphatic carbocycles. The average molecular weight is 374 g/mol. The van der Waals surface area contributed by atoms with Crippen LogP contribution in [0, 0.1) is 0 Å². The van der Waals surface area contributed by atoms with E-state index < -0.39 is 23.8 Å². The lowest BCUT2D eigenvalue weighted by Gasteiger charge is -2.31. The Hall–Kier alpha value is -2.64. The number of carboxylic acids is 2. The molecule has 0 aromatic heterocycles. The van der Waals surface area contributed by atoms with Gasteiger partial charge in [0.2, 0.25) is 0 Å². The van der Waals surface area contributed by atoms with Crippen molar-refractivity contribution in [2.45, 2.75) is 37.6 Å². The molecule has 2 N–H and O–H groups in total. The van der Waals surface area contributed by atoms with Crippen molar-refractivity contribution in [2.75, 3.05) is 13.2 Å². The molecule has 0 radical (unpaired) electrons. The molecule has 0 spiro atoms. The molecule has 0 amide bonds. The minimum absolute atomic E-state index is 0.121. The van der Waals surface area contributed by atoms with Gasteiger partial charge in [0, 0.05) is 13.0 Å². The standard InChI is InChI=1S/C20H22O7/c21-18(22)20(19(23)24,27-17-7-3-4-11-26-17)10-12-25-16-9-8-14-5-1-2-6-15(14)13-16/h1-2,5-6,8-9,13,17H,3-4,7,10-12H2,(H,21,22)(H,23,24). The van der Waals surface area contributed by atoms with E-state index in [4.69, 9.17) is 14.2 Å². The van der Waals surface area contributed by atoms with E-state index in [1.165, 1.54) is 0 Å². The zero-order chi connectivity index (χ0) is 19.3. The number of rotatable bonds is 8. The first-order chi connectivity index (χ1) is 13.0. The quantitative estimate of drug-likeness (QED) is 0.685. The van der Waals surface area contributed by atoms with E-state index in [1.807, 2.05) is 36.4 Å². The molecule has 1 aliphatic rings. The van der Waals surface area contributed by atoms with Gasteiger partial charge in [-0.15, -0.1) is 0 Å². The van der Waals surface area contributed by atoms with Crippen LogP contribution in [0.15, 0.2) is 42.5 Å². The summed E-state index contributed by atoms with van der Waals surface area (Å²) in [5.41, 5.74) is -2.40. The van der Waals surface area contributed by atoms with Crippen LogP contribution in [0.25, 0.3) is 10.8 Å². The Morgan fingerprint density at radius 1 is 1.07 bits per heavy atom. The van der Waals surface area contributed by atoms with Crippen LogP contribution in [0.5, 0.6) is 5.75 Å². The number of hydrogen-bond donors (Lipinski definition) is 2. The van der Waals surface area contributed by atoms with Crippen LogP contribution in [-0.4, -0.2) is 47.3 Å². The second-order valence-electron chi connectivity index (χ2n) is 6.46. The van der Waals surface area contributed by atoms with Gasteiger partial charge in [0.25, 0.3) is 5.60 Å². The van der Waals surface area contributed by atoms with Crippen LogP contribution < -0.4 is 4.74 Å². The number of fused-ring (bicyclic) bond motifs is 1. The summed E-state index contributed by atoms with van der Waals surface area (Å²) in [5.74, 6) is -2.59. The molecular weight excluding hydrogens is 352 g/mol. The number of ether oxygens (including phenoxy) is 3. The van der Waals surface area contributed by atoms with Gasteiger partial charge in [-0.2, -0.15) is 0 Å². The highest BCUT2D eigenvalue weighted by atomic mass is 16.7. The Kier molecular flexibility index (Phi) is 5.93. The summed E-state index contributed by atoms with van der Waals surface area (Å²) in [7, 11) is 0. The SMILES string of the molecule is O=C(O)C(CCOc1ccc2ccccc2c1)(OC1CCCCO1)C(=O)O. The number of benzene rings is 2. The average Bonchev–Trinajstić information content (AvgIpc) is 2.67. The Morgan fingerprint density at radius 2 is 1.81 bits per heavy atom. The van der Waals surface area contributed by atoms with E-state index in [0.717, 1.165) is 23.6 Å². The Balaban J connectivity index is 1.69. The number of hydrogen-bond acceptors (Lipinski definition) is 5. The largest absolute Gasteiger partial charge is 0.493 e. The first kappa shape index (κ1) is 19.1. The lowest BCUT2D eigenvalue weighted by molar-refractivity contribution is -0.238. The van der Waals surface area contributed by atoms with Crippen LogP contribution >= 0.6 is 0 Å². The van der Waals surface area contributed by atoms with Gasteiger partial charge in [-0.1, -0.05) is 30.3 Å². The van der Waals surface area contributed by atoms with Crippen molar-refractivity contribution in [3.8, 4) is 5.75 Å². The number of aliphatic carboxylic acids is 2. The molecule has 1 unspecified atom stereocenters. The molecule has 1 heterocycles. The van der Waals surface area contributed by atoms with Gasteiger partial charge in [0.1, 0.15) is 5.75 Å². The third kappa shape index (κ3) is 4.37. The van der Waals surface area contributed by atoms with Gasteiger partial charge in [0.05, 0.1) is 6.61 Å². The molecule has 0 saturated carbocycles. The zero-order valence-electron chi connectivity index (χ0n) is 14.8. The fourth-order valence-corrected chi connectivity index (χ4v) is 3.06. The summed E-state index contributed by atoms with van der Waals surface area (Å²) in [5, 5.41) is 21.1. The molecule has 27 heavy (non-hydrogen) atoms. The fourth-order valence-electron chi connectivity index (χ4n) is 3.06. The van der Waals surface area contributed by atoms with Crippen molar-refractivity contribution < 1.29 is 34.0 Å². The van der Waals surface area contributed by atoms with Gasteiger partial charge in [-0.3, -0.25) is 0 Å². The van der Waals surface area contributed by atoms with Crippen LogP contribution in [0.2, 0.25) is 0 Å². The van der Waals surface area contributed by atoms with Crippen molar-refractivity contribution in [3.05, 3.63) is 42.5 Å². The smallest absolute Gasteiger partial charge is 0.348 e. The topological polar surface area (TPSA) is 102 Å². The van der Waals surface area contributed by atoms with E-state index in [9.17, 15) is 19.8 Å². The Labute approximate surface area is 156 Å². The monoisotopic (exact) mass is 374 g/mol. The number of carbonyl (C=O) groups is 2. The van der Waals surface area contributed by atoms with Crippen LogP contribution in [0.1, 0.15) is 25.7 Å².